The first-order valence-electron chi connectivity index (χ1n) is 9.87. The Labute approximate surface area is 176 Å². The van der Waals surface area contributed by atoms with E-state index in [-0.39, 0.29) is 11.8 Å². The zero-order chi connectivity index (χ0) is 21.7. The summed E-state index contributed by atoms with van der Waals surface area (Å²) >= 11 is 0. The van der Waals surface area contributed by atoms with E-state index in [0.717, 1.165) is 22.6 Å². The van der Waals surface area contributed by atoms with Crippen LogP contribution in [-0.2, 0) is 11.2 Å². The number of nitrogens with one attached hydrogen (secondary N) is 1. The summed E-state index contributed by atoms with van der Waals surface area (Å²) in [5, 5.41) is 7.04. The molecule has 0 spiro atoms. The van der Waals surface area contributed by atoms with Crippen LogP contribution in [0.1, 0.15) is 43.1 Å². The first-order chi connectivity index (χ1) is 14.4. The molecule has 0 saturated carbocycles. The zero-order valence-corrected chi connectivity index (χ0v) is 18.0. The molecule has 0 aliphatic rings. The SMILES string of the molecule is COc1ccc(OC)c(CCC(=O)Nc2c(C)cccc2-c2nc(C(C)C)no2)c1. The maximum absolute atomic E-state index is 12.7. The molecule has 1 heterocycles. The molecule has 3 aromatic rings. The van der Waals surface area contributed by atoms with Crippen molar-refractivity contribution in [3.8, 4) is 23.0 Å². The molecule has 2 aromatic carbocycles. The highest BCUT2D eigenvalue weighted by Gasteiger charge is 2.18. The van der Waals surface area contributed by atoms with Gasteiger partial charge in [-0.25, -0.2) is 0 Å². The van der Waals surface area contributed by atoms with Gasteiger partial charge in [0.2, 0.25) is 5.91 Å². The van der Waals surface area contributed by atoms with E-state index in [2.05, 4.69) is 15.5 Å². The van der Waals surface area contributed by atoms with Gasteiger partial charge in [0, 0.05) is 12.3 Å². The van der Waals surface area contributed by atoms with Crippen molar-refractivity contribution in [3.05, 3.63) is 53.3 Å². The Balaban J connectivity index is 1.77. The third-order valence-electron chi connectivity index (χ3n) is 4.83. The number of carbonyl (C=O) groups excluding carboxylic acids is 1. The number of methoxy groups -OCH3 is 2. The summed E-state index contributed by atoms with van der Waals surface area (Å²) in [7, 11) is 3.22. The quantitative estimate of drug-likeness (QED) is 0.577. The second-order valence-corrected chi connectivity index (χ2v) is 7.34. The van der Waals surface area contributed by atoms with Crippen LogP contribution in [0.5, 0.6) is 11.5 Å². The minimum absolute atomic E-state index is 0.112. The highest BCUT2D eigenvalue weighted by Crippen LogP contribution is 2.31. The van der Waals surface area contributed by atoms with Crippen molar-refractivity contribution in [2.24, 2.45) is 0 Å². The van der Waals surface area contributed by atoms with E-state index in [1.807, 2.05) is 57.2 Å². The lowest BCUT2D eigenvalue weighted by molar-refractivity contribution is -0.116. The molecule has 7 nitrogen and oxygen atoms in total. The van der Waals surface area contributed by atoms with E-state index in [4.69, 9.17) is 14.0 Å². The van der Waals surface area contributed by atoms with Gasteiger partial charge in [-0.2, -0.15) is 4.98 Å². The standard InChI is InChI=1S/C23H27N3O4/c1-14(2)22-25-23(30-26-22)18-8-6-7-15(3)21(18)24-20(27)12-9-16-13-17(28-4)10-11-19(16)29-5/h6-8,10-11,13-14H,9,12H2,1-5H3,(H,24,27). The fourth-order valence-corrected chi connectivity index (χ4v) is 3.12. The molecular weight excluding hydrogens is 382 g/mol. The molecule has 0 radical (unpaired) electrons. The van der Waals surface area contributed by atoms with Crippen molar-refractivity contribution >= 4 is 11.6 Å². The lowest BCUT2D eigenvalue weighted by atomic mass is 10.1. The molecule has 0 fully saturated rings. The Morgan fingerprint density at radius 2 is 1.97 bits per heavy atom. The molecule has 0 aliphatic heterocycles. The Bertz CT molecular complexity index is 1030. The molecule has 30 heavy (non-hydrogen) atoms. The predicted molar refractivity (Wildman–Crippen MR) is 115 cm³/mol. The summed E-state index contributed by atoms with van der Waals surface area (Å²) in [5.74, 6) is 2.53. The van der Waals surface area contributed by atoms with E-state index in [9.17, 15) is 4.79 Å². The molecule has 0 atom stereocenters. The van der Waals surface area contributed by atoms with E-state index in [1.54, 1.807) is 14.2 Å². The van der Waals surface area contributed by atoms with Gasteiger partial charge in [0.15, 0.2) is 5.82 Å². The Kier molecular flexibility index (Phi) is 6.72. The Hall–Kier alpha value is -3.35. The number of benzene rings is 2. The third-order valence-corrected chi connectivity index (χ3v) is 4.83. The number of para-hydroxylation sites is 1. The molecule has 3 rings (SSSR count). The van der Waals surface area contributed by atoms with Gasteiger partial charge in [-0.3, -0.25) is 4.79 Å². The van der Waals surface area contributed by atoms with E-state index >= 15 is 0 Å². The topological polar surface area (TPSA) is 86.5 Å². The molecule has 0 saturated heterocycles. The van der Waals surface area contributed by atoms with Gasteiger partial charge in [-0.05, 0) is 48.7 Å². The number of amides is 1. The van der Waals surface area contributed by atoms with Crippen molar-refractivity contribution in [2.75, 3.05) is 19.5 Å². The van der Waals surface area contributed by atoms with Crippen molar-refractivity contribution in [1.29, 1.82) is 0 Å². The largest absolute Gasteiger partial charge is 0.497 e. The number of aromatic nitrogens is 2. The van der Waals surface area contributed by atoms with Crippen LogP contribution in [-0.4, -0.2) is 30.3 Å². The Morgan fingerprint density at radius 3 is 2.63 bits per heavy atom. The second kappa shape index (κ2) is 9.43. The van der Waals surface area contributed by atoms with Crippen LogP contribution in [0.4, 0.5) is 5.69 Å². The van der Waals surface area contributed by atoms with Gasteiger partial charge in [-0.1, -0.05) is 31.1 Å². The van der Waals surface area contributed by atoms with E-state index in [0.29, 0.717) is 35.8 Å². The van der Waals surface area contributed by atoms with Gasteiger partial charge in [0.25, 0.3) is 5.89 Å². The molecule has 0 unspecified atom stereocenters. The molecular formula is C23H27N3O4. The van der Waals surface area contributed by atoms with Crippen LogP contribution in [0.2, 0.25) is 0 Å². The summed E-state index contributed by atoms with van der Waals surface area (Å²) in [6.07, 6.45) is 0.809. The smallest absolute Gasteiger partial charge is 0.260 e. The number of carbonyl (C=O) groups is 1. The van der Waals surface area contributed by atoms with Gasteiger partial charge in [0.05, 0.1) is 25.5 Å². The third kappa shape index (κ3) is 4.79. The van der Waals surface area contributed by atoms with Crippen LogP contribution < -0.4 is 14.8 Å². The summed E-state index contributed by atoms with van der Waals surface area (Å²) < 4.78 is 16.1. The van der Waals surface area contributed by atoms with Crippen molar-refractivity contribution in [3.63, 3.8) is 0 Å². The van der Waals surface area contributed by atoms with Crippen LogP contribution in [0.25, 0.3) is 11.5 Å². The average molecular weight is 409 g/mol. The van der Waals surface area contributed by atoms with Gasteiger partial charge in [0.1, 0.15) is 11.5 Å². The number of anilines is 1. The normalized spacial score (nSPS) is 10.9. The van der Waals surface area contributed by atoms with Gasteiger partial charge >= 0.3 is 0 Å². The molecule has 158 valence electrons. The first-order valence-corrected chi connectivity index (χ1v) is 9.87. The number of aryl methyl sites for hydroxylation is 2. The highest BCUT2D eigenvalue weighted by atomic mass is 16.5. The Morgan fingerprint density at radius 1 is 1.17 bits per heavy atom. The van der Waals surface area contributed by atoms with Crippen molar-refractivity contribution < 1.29 is 18.8 Å². The number of rotatable bonds is 8. The lowest BCUT2D eigenvalue weighted by Gasteiger charge is -2.13. The number of nitrogens with zero attached hydrogens (tertiary/aromatic N) is 2. The number of ether oxygens (including phenoxy) is 2. The van der Waals surface area contributed by atoms with Crippen LogP contribution >= 0.6 is 0 Å². The zero-order valence-electron chi connectivity index (χ0n) is 18.0. The molecule has 1 aromatic heterocycles. The summed E-state index contributed by atoms with van der Waals surface area (Å²) in [6.45, 7) is 5.94. The van der Waals surface area contributed by atoms with Crippen LogP contribution in [0.15, 0.2) is 40.9 Å². The second-order valence-electron chi connectivity index (χ2n) is 7.34. The van der Waals surface area contributed by atoms with Crippen molar-refractivity contribution in [2.45, 2.75) is 39.5 Å². The summed E-state index contributed by atoms with van der Waals surface area (Å²) in [4.78, 5) is 17.2. The fourth-order valence-electron chi connectivity index (χ4n) is 3.12. The summed E-state index contributed by atoms with van der Waals surface area (Å²) in [6, 6.07) is 11.3. The first kappa shape index (κ1) is 21.4. The number of hydrogen-bond donors (Lipinski definition) is 1. The number of hydrogen-bond acceptors (Lipinski definition) is 6. The van der Waals surface area contributed by atoms with Crippen LogP contribution in [0.3, 0.4) is 0 Å². The molecule has 0 bridgehead atoms. The van der Waals surface area contributed by atoms with Crippen molar-refractivity contribution in [1.82, 2.24) is 10.1 Å². The average Bonchev–Trinajstić information content (AvgIpc) is 3.24. The molecule has 1 N–H and O–H groups in total. The minimum atomic E-state index is -0.112. The predicted octanol–water partition coefficient (Wildman–Crippen LogP) is 4.76. The van der Waals surface area contributed by atoms with Crippen LogP contribution in [0, 0.1) is 6.92 Å². The lowest BCUT2D eigenvalue weighted by Crippen LogP contribution is -2.14. The summed E-state index contributed by atoms with van der Waals surface area (Å²) in [5.41, 5.74) is 3.22. The highest BCUT2D eigenvalue weighted by molar-refractivity contribution is 5.95. The maximum atomic E-state index is 12.7. The minimum Gasteiger partial charge on any atom is -0.497 e. The van der Waals surface area contributed by atoms with Gasteiger partial charge < -0.3 is 19.3 Å². The molecule has 0 aliphatic carbocycles. The molecule has 7 heteroatoms. The van der Waals surface area contributed by atoms with E-state index < -0.39 is 0 Å². The monoisotopic (exact) mass is 409 g/mol. The molecule has 1 amide bonds. The van der Waals surface area contributed by atoms with Gasteiger partial charge in [-0.15, -0.1) is 0 Å². The maximum Gasteiger partial charge on any atom is 0.260 e. The fraction of sp³-hybridized carbons (Fsp3) is 0.348. The van der Waals surface area contributed by atoms with E-state index in [1.165, 1.54) is 0 Å².